The van der Waals surface area contributed by atoms with Gasteiger partial charge in [-0.1, -0.05) is 0 Å². The molecule has 0 saturated heterocycles. The minimum Gasteiger partial charge on any atom is -0.297 e. The van der Waals surface area contributed by atoms with Crippen molar-refractivity contribution in [3.8, 4) is 11.3 Å². The van der Waals surface area contributed by atoms with Crippen LogP contribution in [0.2, 0.25) is 0 Å². The molecule has 0 amide bonds. The van der Waals surface area contributed by atoms with Crippen molar-refractivity contribution in [3.05, 3.63) is 41.8 Å². The zero-order chi connectivity index (χ0) is 10.3. The van der Waals surface area contributed by atoms with E-state index in [1.54, 1.807) is 17.5 Å². The Kier molecular flexibility index (Phi) is 1.82. The standard InChI is InChI=1S/C11H9N3S/c1-8-6-14-7-10(13-11(14)15-8)9-3-2-4-12-5-9/h2-7H,1H3. The van der Waals surface area contributed by atoms with E-state index in [9.17, 15) is 0 Å². The van der Waals surface area contributed by atoms with E-state index in [0.29, 0.717) is 0 Å². The molecule has 0 radical (unpaired) electrons. The van der Waals surface area contributed by atoms with Crippen LogP contribution in [0.4, 0.5) is 0 Å². The summed E-state index contributed by atoms with van der Waals surface area (Å²) in [6.07, 6.45) is 7.73. The number of imidazole rings is 1. The topological polar surface area (TPSA) is 30.2 Å². The van der Waals surface area contributed by atoms with Crippen molar-refractivity contribution < 1.29 is 0 Å². The molecule has 74 valence electrons. The molecule has 4 heteroatoms. The van der Waals surface area contributed by atoms with E-state index in [1.165, 1.54) is 4.88 Å². The molecular weight excluding hydrogens is 206 g/mol. The molecule has 0 N–H and O–H groups in total. The largest absolute Gasteiger partial charge is 0.297 e. The highest BCUT2D eigenvalue weighted by Gasteiger charge is 2.05. The predicted octanol–water partition coefficient (Wildman–Crippen LogP) is 2.77. The summed E-state index contributed by atoms with van der Waals surface area (Å²) in [5.41, 5.74) is 2.04. The molecule has 0 aliphatic heterocycles. The summed E-state index contributed by atoms with van der Waals surface area (Å²) in [5.74, 6) is 0. The molecule has 0 bridgehead atoms. The van der Waals surface area contributed by atoms with E-state index >= 15 is 0 Å². The van der Waals surface area contributed by atoms with Crippen LogP contribution in [-0.2, 0) is 0 Å². The normalized spacial score (nSPS) is 11.0. The van der Waals surface area contributed by atoms with Gasteiger partial charge in [0.2, 0.25) is 0 Å². The zero-order valence-corrected chi connectivity index (χ0v) is 9.03. The lowest BCUT2D eigenvalue weighted by Crippen LogP contribution is -1.77. The fraction of sp³-hybridized carbons (Fsp3) is 0.0909. The first-order valence-electron chi connectivity index (χ1n) is 4.68. The molecule has 3 aromatic heterocycles. The molecule has 0 aliphatic carbocycles. The summed E-state index contributed by atoms with van der Waals surface area (Å²) >= 11 is 1.70. The summed E-state index contributed by atoms with van der Waals surface area (Å²) < 4.78 is 2.06. The number of aryl methyl sites for hydroxylation is 1. The summed E-state index contributed by atoms with van der Waals surface area (Å²) in [5, 5.41) is 0. The van der Waals surface area contributed by atoms with Crippen LogP contribution in [0.5, 0.6) is 0 Å². The summed E-state index contributed by atoms with van der Waals surface area (Å²) in [7, 11) is 0. The van der Waals surface area contributed by atoms with Crippen molar-refractivity contribution in [2.24, 2.45) is 0 Å². The Bertz CT molecular complexity index is 563. The van der Waals surface area contributed by atoms with Crippen molar-refractivity contribution >= 4 is 16.3 Å². The number of nitrogens with zero attached hydrogens (tertiary/aromatic N) is 3. The lowest BCUT2D eigenvalue weighted by Gasteiger charge is -1.92. The Morgan fingerprint density at radius 3 is 3.00 bits per heavy atom. The lowest BCUT2D eigenvalue weighted by atomic mass is 10.2. The number of hydrogen-bond donors (Lipinski definition) is 0. The Hall–Kier alpha value is -1.68. The van der Waals surface area contributed by atoms with Crippen molar-refractivity contribution in [1.82, 2.24) is 14.4 Å². The minimum atomic E-state index is 0.981. The fourth-order valence-electron chi connectivity index (χ4n) is 1.56. The first kappa shape index (κ1) is 8.61. The van der Waals surface area contributed by atoms with E-state index in [-0.39, 0.29) is 0 Å². The number of pyridine rings is 1. The first-order valence-corrected chi connectivity index (χ1v) is 5.50. The van der Waals surface area contributed by atoms with E-state index < -0.39 is 0 Å². The summed E-state index contributed by atoms with van der Waals surface area (Å²) in [6, 6.07) is 3.94. The van der Waals surface area contributed by atoms with Crippen molar-refractivity contribution in [1.29, 1.82) is 0 Å². The highest BCUT2D eigenvalue weighted by molar-refractivity contribution is 7.17. The maximum atomic E-state index is 4.55. The van der Waals surface area contributed by atoms with Crippen LogP contribution in [0, 0.1) is 6.92 Å². The molecule has 0 aromatic carbocycles. The van der Waals surface area contributed by atoms with Gasteiger partial charge in [-0.2, -0.15) is 0 Å². The molecule has 0 unspecified atom stereocenters. The maximum Gasteiger partial charge on any atom is 0.194 e. The smallest absolute Gasteiger partial charge is 0.194 e. The van der Waals surface area contributed by atoms with Crippen LogP contribution in [0.15, 0.2) is 36.9 Å². The van der Waals surface area contributed by atoms with Crippen molar-refractivity contribution in [2.45, 2.75) is 6.92 Å². The summed E-state index contributed by atoms with van der Waals surface area (Å²) in [6.45, 7) is 2.09. The molecule has 3 nitrogen and oxygen atoms in total. The van der Waals surface area contributed by atoms with E-state index in [0.717, 1.165) is 16.2 Å². The van der Waals surface area contributed by atoms with Gasteiger partial charge in [-0.25, -0.2) is 4.98 Å². The molecule has 0 saturated carbocycles. The van der Waals surface area contributed by atoms with Gasteiger partial charge in [0.25, 0.3) is 0 Å². The third-order valence-corrected chi connectivity index (χ3v) is 3.14. The first-order chi connectivity index (χ1) is 7.33. The number of thiazole rings is 1. The van der Waals surface area contributed by atoms with Gasteiger partial charge in [-0.05, 0) is 19.1 Å². The predicted molar refractivity (Wildman–Crippen MR) is 61.0 cm³/mol. The molecule has 3 rings (SSSR count). The second-order valence-electron chi connectivity index (χ2n) is 3.40. The Balaban J connectivity index is 2.16. The molecule has 3 heterocycles. The van der Waals surface area contributed by atoms with Crippen LogP contribution in [-0.4, -0.2) is 14.4 Å². The van der Waals surface area contributed by atoms with Gasteiger partial charge >= 0.3 is 0 Å². The van der Waals surface area contributed by atoms with Gasteiger partial charge in [0.1, 0.15) is 0 Å². The van der Waals surface area contributed by atoms with Gasteiger partial charge in [0, 0.05) is 35.2 Å². The number of aromatic nitrogens is 3. The van der Waals surface area contributed by atoms with Crippen LogP contribution < -0.4 is 0 Å². The summed E-state index contributed by atoms with van der Waals surface area (Å²) in [4.78, 5) is 10.9. The molecular formula is C11H9N3S. The molecule has 0 aliphatic rings. The SMILES string of the molecule is Cc1cn2cc(-c3cccnc3)nc2s1. The molecule has 0 spiro atoms. The average Bonchev–Trinajstić information content (AvgIpc) is 2.76. The van der Waals surface area contributed by atoms with Crippen molar-refractivity contribution in [2.75, 3.05) is 0 Å². The average molecular weight is 215 g/mol. The Morgan fingerprint density at radius 1 is 1.33 bits per heavy atom. The third-order valence-electron chi connectivity index (χ3n) is 2.23. The van der Waals surface area contributed by atoms with Crippen LogP contribution >= 0.6 is 11.3 Å². The lowest BCUT2D eigenvalue weighted by molar-refractivity contribution is 1.22. The maximum absolute atomic E-state index is 4.55. The van der Waals surface area contributed by atoms with Gasteiger partial charge in [0.05, 0.1) is 5.69 Å². The third kappa shape index (κ3) is 1.43. The highest BCUT2D eigenvalue weighted by atomic mass is 32.1. The zero-order valence-electron chi connectivity index (χ0n) is 8.21. The Morgan fingerprint density at radius 2 is 2.27 bits per heavy atom. The van der Waals surface area contributed by atoms with Gasteiger partial charge in [-0.3, -0.25) is 9.38 Å². The van der Waals surface area contributed by atoms with E-state index in [4.69, 9.17) is 0 Å². The van der Waals surface area contributed by atoms with E-state index in [1.807, 2.05) is 24.5 Å². The fourth-order valence-corrected chi connectivity index (χ4v) is 2.37. The molecule has 0 fully saturated rings. The van der Waals surface area contributed by atoms with E-state index in [2.05, 4.69) is 27.5 Å². The quantitative estimate of drug-likeness (QED) is 0.624. The minimum absolute atomic E-state index is 0.981. The molecule has 3 aromatic rings. The van der Waals surface area contributed by atoms with Crippen molar-refractivity contribution in [3.63, 3.8) is 0 Å². The van der Waals surface area contributed by atoms with Crippen LogP contribution in [0.3, 0.4) is 0 Å². The molecule has 15 heavy (non-hydrogen) atoms. The second kappa shape index (κ2) is 3.17. The number of rotatable bonds is 1. The number of hydrogen-bond acceptors (Lipinski definition) is 3. The van der Waals surface area contributed by atoms with Crippen LogP contribution in [0.1, 0.15) is 4.88 Å². The van der Waals surface area contributed by atoms with Gasteiger partial charge in [0.15, 0.2) is 4.96 Å². The van der Waals surface area contributed by atoms with Crippen LogP contribution in [0.25, 0.3) is 16.2 Å². The monoisotopic (exact) mass is 215 g/mol. The van der Waals surface area contributed by atoms with Gasteiger partial charge < -0.3 is 0 Å². The second-order valence-corrected chi connectivity index (χ2v) is 4.61. The molecule has 0 atom stereocenters. The number of fused-ring (bicyclic) bond motifs is 1. The highest BCUT2D eigenvalue weighted by Crippen LogP contribution is 2.22. The van der Waals surface area contributed by atoms with Gasteiger partial charge in [-0.15, -0.1) is 11.3 Å². The Labute approximate surface area is 91.1 Å².